The molecule has 2 rings (SSSR count). The van der Waals surface area contributed by atoms with Crippen LogP contribution in [0.1, 0.15) is 20.3 Å². The lowest BCUT2D eigenvalue weighted by Crippen LogP contribution is -2.36. The van der Waals surface area contributed by atoms with Crippen LogP contribution in [0.2, 0.25) is 0 Å². The molecule has 1 aromatic heterocycles. The molecular weight excluding hydrogens is 186 g/mol. The predicted octanol–water partition coefficient (Wildman–Crippen LogP) is 1.46. The van der Waals surface area contributed by atoms with Crippen molar-refractivity contribution in [2.24, 2.45) is 0 Å². The van der Waals surface area contributed by atoms with Crippen LogP contribution in [0.5, 0.6) is 0 Å². The zero-order valence-corrected chi connectivity index (χ0v) is 8.60. The second-order valence-corrected chi connectivity index (χ2v) is 4.04. The van der Waals surface area contributed by atoms with Gasteiger partial charge in [-0.2, -0.15) is 5.10 Å². The molecule has 1 aliphatic rings. The summed E-state index contributed by atoms with van der Waals surface area (Å²) in [5.41, 5.74) is -0.0376. The lowest BCUT2D eigenvalue weighted by molar-refractivity contribution is 0.0753. The van der Waals surface area contributed by atoms with Crippen LogP contribution in [-0.4, -0.2) is 27.5 Å². The molecule has 2 heterocycles. The fraction of sp³-hybridized carbons (Fsp3) is 0.750. The van der Waals surface area contributed by atoms with Crippen LogP contribution in [0, 0.1) is 4.77 Å². The zero-order chi connectivity index (χ0) is 9.47. The van der Waals surface area contributed by atoms with Crippen molar-refractivity contribution in [1.29, 1.82) is 0 Å². The smallest absolute Gasteiger partial charge is 0.195 e. The minimum atomic E-state index is -0.0376. The third-order valence-corrected chi connectivity index (χ3v) is 3.24. The molecule has 2 atom stereocenters. The van der Waals surface area contributed by atoms with Gasteiger partial charge >= 0.3 is 0 Å². The lowest BCUT2D eigenvalue weighted by Gasteiger charge is -2.28. The largest absolute Gasteiger partial charge is 0.376 e. The van der Waals surface area contributed by atoms with E-state index in [1.807, 2.05) is 4.57 Å². The highest BCUT2D eigenvalue weighted by Crippen LogP contribution is 2.32. The third kappa shape index (κ3) is 1.23. The van der Waals surface area contributed by atoms with E-state index in [0.717, 1.165) is 13.0 Å². The zero-order valence-electron chi connectivity index (χ0n) is 7.78. The maximum absolute atomic E-state index is 5.54. The maximum Gasteiger partial charge on any atom is 0.195 e. The molecule has 0 spiro atoms. The molecule has 1 fully saturated rings. The Labute approximate surface area is 81.9 Å². The molecule has 1 aliphatic heterocycles. The van der Waals surface area contributed by atoms with E-state index in [-0.39, 0.29) is 11.6 Å². The van der Waals surface area contributed by atoms with Crippen LogP contribution in [0.3, 0.4) is 0 Å². The number of H-pyrrole nitrogens is 1. The van der Waals surface area contributed by atoms with Gasteiger partial charge in [-0.3, -0.25) is 9.67 Å². The highest BCUT2D eigenvalue weighted by atomic mass is 32.1. The van der Waals surface area contributed by atoms with Crippen molar-refractivity contribution >= 4 is 12.2 Å². The fourth-order valence-corrected chi connectivity index (χ4v) is 2.06. The molecule has 0 amide bonds. The molecule has 0 radical (unpaired) electrons. The number of aromatic nitrogens is 3. The molecule has 2 unspecified atom stereocenters. The van der Waals surface area contributed by atoms with Gasteiger partial charge in [-0.05, 0) is 32.5 Å². The average molecular weight is 199 g/mol. The number of rotatable bonds is 1. The van der Waals surface area contributed by atoms with Crippen molar-refractivity contribution in [3.8, 4) is 0 Å². The summed E-state index contributed by atoms with van der Waals surface area (Å²) in [6.07, 6.45) is 2.92. The molecule has 1 aromatic rings. The topological polar surface area (TPSA) is 42.8 Å². The van der Waals surface area contributed by atoms with E-state index in [9.17, 15) is 0 Å². The molecule has 13 heavy (non-hydrogen) atoms. The Morgan fingerprint density at radius 2 is 2.62 bits per heavy atom. The van der Waals surface area contributed by atoms with Gasteiger partial charge < -0.3 is 4.74 Å². The first-order chi connectivity index (χ1) is 6.14. The number of hydrogen-bond donors (Lipinski definition) is 1. The van der Waals surface area contributed by atoms with Gasteiger partial charge in [0.15, 0.2) is 4.77 Å². The van der Waals surface area contributed by atoms with Crippen LogP contribution in [0.4, 0.5) is 0 Å². The number of nitrogens with zero attached hydrogens (tertiary/aromatic N) is 2. The minimum absolute atomic E-state index is 0.0376. The van der Waals surface area contributed by atoms with Gasteiger partial charge in [0.2, 0.25) is 0 Å². The normalized spacial score (nSPS) is 33.8. The van der Waals surface area contributed by atoms with E-state index >= 15 is 0 Å². The Kier molecular flexibility index (Phi) is 2.00. The summed E-state index contributed by atoms with van der Waals surface area (Å²) < 4.78 is 8.19. The maximum atomic E-state index is 5.54. The van der Waals surface area contributed by atoms with E-state index in [1.165, 1.54) is 0 Å². The summed E-state index contributed by atoms with van der Waals surface area (Å²) in [5, 5.41) is 6.69. The van der Waals surface area contributed by atoms with Crippen molar-refractivity contribution in [1.82, 2.24) is 14.8 Å². The standard InChI is InChI=1S/C8H13N3OS/c1-6-8(2,3-4-12-6)11-5-9-10-7(11)13/h5-6H,3-4H2,1-2H3,(H,10,13). The van der Waals surface area contributed by atoms with Crippen LogP contribution >= 0.6 is 12.2 Å². The molecule has 72 valence electrons. The molecule has 4 nitrogen and oxygen atoms in total. The summed E-state index contributed by atoms with van der Waals surface area (Å²) in [6.45, 7) is 5.02. The van der Waals surface area contributed by atoms with E-state index in [2.05, 4.69) is 24.0 Å². The molecular formula is C8H13N3OS. The van der Waals surface area contributed by atoms with Gasteiger partial charge in [0.05, 0.1) is 11.6 Å². The molecule has 0 aromatic carbocycles. The summed E-state index contributed by atoms with van der Waals surface area (Å²) in [7, 11) is 0. The van der Waals surface area contributed by atoms with Crippen molar-refractivity contribution in [2.75, 3.05) is 6.61 Å². The van der Waals surface area contributed by atoms with Gasteiger partial charge in [0.1, 0.15) is 6.33 Å². The van der Waals surface area contributed by atoms with Gasteiger partial charge in [-0.15, -0.1) is 0 Å². The highest BCUT2D eigenvalue weighted by Gasteiger charge is 2.39. The van der Waals surface area contributed by atoms with Crippen molar-refractivity contribution in [3.63, 3.8) is 0 Å². The number of hydrogen-bond acceptors (Lipinski definition) is 3. The Hall–Kier alpha value is -0.680. The summed E-state index contributed by atoms with van der Waals surface area (Å²) in [6, 6.07) is 0. The quantitative estimate of drug-likeness (QED) is 0.696. The first-order valence-electron chi connectivity index (χ1n) is 4.39. The first kappa shape index (κ1) is 8.90. The van der Waals surface area contributed by atoms with Crippen LogP contribution in [-0.2, 0) is 10.3 Å². The Morgan fingerprint density at radius 1 is 1.85 bits per heavy atom. The van der Waals surface area contributed by atoms with E-state index in [4.69, 9.17) is 17.0 Å². The van der Waals surface area contributed by atoms with Crippen molar-refractivity contribution < 1.29 is 4.74 Å². The molecule has 1 saturated heterocycles. The Bertz CT molecular complexity index is 358. The Morgan fingerprint density at radius 3 is 3.08 bits per heavy atom. The molecule has 0 bridgehead atoms. The molecule has 1 N–H and O–H groups in total. The molecule has 0 saturated carbocycles. The predicted molar refractivity (Wildman–Crippen MR) is 51.1 cm³/mol. The van der Waals surface area contributed by atoms with Crippen LogP contribution < -0.4 is 0 Å². The van der Waals surface area contributed by atoms with Gasteiger partial charge in [-0.1, -0.05) is 0 Å². The SMILES string of the molecule is CC1OCCC1(C)n1cn[nH]c1=S. The monoisotopic (exact) mass is 199 g/mol. The summed E-state index contributed by atoms with van der Waals surface area (Å²) >= 11 is 5.14. The second-order valence-electron chi connectivity index (χ2n) is 3.65. The number of nitrogens with one attached hydrogen (secondary N) is 1. The minimum Gasteiger partial charge on any atom is -0.376 e. The molecule has 5 heteroatoms. The van der Waals surface area contributed by atoms with Crippen molar-refractivity contribution in [3.05, 3.63) is 11.1 Å². The highest BCUT2D eigenvalue weighted by molar-refractivity contribution is 7.71. The van der Waals surface area contributed by atoms with Crippen LogP contribution in [0.15, 0.2) is 6.33 Å². The van der Waals surface area contributed by atoms with Crippen LogP contribution in [0.25, 0.3) is 0 Å². The van der Waals surface area contributed by atoms with Gasteiger partial charge in [0, 0.05) is 6.61 Å². The molecule has 0 aliphatic carbocycles. The van der Waals surface area contributed by atoms with Gasteiger partial charge in [0.25, 0.3) is 0 Å². The second kappa shape index (κ2) is 2.92. The van der Waals surface area contributed by atoms with Gasteiger partial charge in [-0.25, -0.2) is 0 Å². The summed E-state index contributed by atoms with van der Waals surface area (Å²) in [4.78, 5) is 0. The number of aromatic amines is 1. The summed E-state index contributed by atoms with van der Waals surface area (Å²) in [5.74, 6) is 0. The van der Waals surface area contributed by atoms with E-state index in [0.29, 0.717) is 4.77 Å². The first-order valence-corrected chi connectivity index (χ1v) is 4.79. The van der Waals surface area contributed by atoms with Crippen molar-refractivity contribution in [2.45, 2.75) is 31.9 Å². The van der Waals surface area contributed by atoms with E-state index in [1.54, 1.807) is 6.33 Å². The number of ether oxygens (including phenoxy) is 1. The van der Waals surface area contributed by atoms with E-state index < -0.39 is 0 Å². The lowest BCUT2D eigenvalue weighted by atomic mass is 9.95. The average Bonchev–Trinajstić information content (AvgIpc) is 2.62. The fourth-order valence-electron chi connectivity index (χ4n) is 1.75. The Balaban J connectivity index is 2.45. The third-order valence-electron chi connectivity index (χ3n) is 2.95.